The molecule has 1 aromatic rings. The van der Waals surface area contributed by atoms with Crippen LogP contribution in [0.25, 0.3) is 0 Å². The van der Waals surface area contributed by atoms with E-state index in [9.17, 15) is 0 Å². The summed E-state index contributed by atoms with van der Waals surface area (Å²) in [5.41, 5.74) is 2.45. The number of hydrogen-bond donors (Lipinski definition) is 2. The fourth-order valence-corrected chi connectivity index (χ4v) is 1.34. The van der Waals surface area contributed by atoms with Crippen molar-refractivity contribution < 1.29 is 5.11 Å². The van der Waals surface area contributed by atoms with Crippen molar-refractivity contribution in [3.05, 3.63) is 29.8 Å². The first-order chi connectivity index (χ1) is 6.72. The molecule has 0 aliphatic carbocycles. The van der Waals surface area contributed by atoms with Gasteiger partial charge in [-0.25, -0.2) is 0 Å². The molecule has 0 amide bonds. The normalized spacial score (nSPS) is 12.5. The van der Waals surface area contributed by atoms with E-state index in [0.717, 1.165) is 12.1 Å². The summed E-state index contributed by atoms with van der Waals surface area (Å²) in [4.78, 5) is 0. The van der Waals surface area contributed by atoms with E-state index in [1.165, 1.54) is 12.0 Å². The topological polar surface area (TPSA) is 32.3 Å². The molecule has 0 bridgehead atoms. The van der Waals surface area contributed by atoms with Crippen LogP contribution in [0.3, 0.4) is 0 Å². The predicted molar refractivity (Wildman–Crippen MR) is 60.6 cm³/mol. The number of anilines is 1. The SMILES string of the molecule is CCCc1ccc(NC[C@@H](C)O)cc1. The molecule has 78 valence electrons. The molecule has 14 heavy (non-hydrogen) atoms. The van der Waals surface area contributed by atoms with Gasteiger partial charge in [0, 0.05) is 12.2 Å². The molecule has 0 aromatic heterocycles. The smallest absolute Gasteiger partial charge is 0.0684 e. The second kappa shape index (κ2) is 5.66. The van der Waals surface area contributed by atoms with E-state index in [-0.39, 0.29) is 6.10 Å². The first kappa shape index (κ1) is 11.1. The molecule has 1 atom stereocenters. The van der Waals surface area contributed by atoms with Gasteiger partial charge in [0.2, 0.25) is 0 Å². The van der Waals surface area contributed by atoms with Crippen LogP contribution in [0, 0.1) is 0 Å². The zero-order chi connectivity index (χ0) is 10.4. The molecule has 0 saturated carbocycles. The third-order valence-electron chi connectivity index (χ3n) is 2.09. The number of hydrogen-bond acceptors (Lipinski definition) is 2. The van der Waals surface area contributed by atoms with Gasteiger partial charge in [-0.15, -0.1) is 0 Å². The maximum absolute atomic E-state index is 9.09. The lowest BCUT2D eigenvalue weighted by atomic mass is 10.1. The van der Waals surface area contributed by atoms with Gasteiger partial charge in [-0.2, -0.15) is 0 Å². The average molecular weight is 193 g/mol. The minimum Gasteiger partial charge on any atom is -0.392 e. The Hall–Kier alpha value is -1.02. The van der Waals surface area contributed by atoms with Gasteiger partial charge in [-0.1, -0.05) is 25.5 Å². The summed E-state index contributed by atoms with van der Waals surface area (Å²) in [5.74, 6) is 0. The lowest BCUT2D eigenvalue weighted by Crippen LogP contribution is -2.15. The van der Waals surface area contributed by atoms with Gasteiger partial charge in [0.25, 0.3) is 0 Å². The summed E-state index contributed by atoms with van der Waals surface area (Å²) >= 11 is 0. The molecule has 0 aliphatic heterocycles. The maximum Gasteiger partial charge on any atom is 0.0684 e. The lowest BCUT2D eigenvalue weighted by molar-refractivity contribution is 0.208. The van der Waals surface area contributed by atoms with E-state index >= 15 is 0 Å². The van der Waals surface area contributed by atoms with E-state index in [1.807, 2.05) is 0 Å². The van der Waals surface area contributed by atoms with Crippen molar-refractivity contribution in [3.8, 4) is 0 Å². The highest BCUT2D eigenvalue weighted by Crippen LogP contribution is 2.10. The Bertz CT molecular complexity index is 254. The summed E-state index contributed by atoms with van der Waals surface area (Å²) in [7, 11) is 0. The van der Waals surface area contributed by atoms with Crippen molar-refractivity contribution >= 4 is 5.69 Å². The van der Waals surface area contributed by atoms with Crippen molar-refractivity contribution in [1.82, 2.24) is 0 Å². The maximum atomic E-state index is 9.09. The fraction of sp³-hybridized carbons (Fsp3) is 0.500. The van der Waals surface area contributed by atoms with E-state index in [4.69, 9.17) is 5.11 Å². The Labute approximate surface area is 86.0 Å². The molecule has 1 rings (SSSR count). The third kappa shape index (κ3) is 3.79. The number of aliphatic hydroxyl groups is 1. The Morgan fingerprint density at radius 1 is 1.29 bits per heavy atom. The van der Waals surface area contributed by atoms with Gasteiger partial charge in [-0.05, 0) is 31.0 Å². The Kier molecular flexibility index (Phi) is 4.47. The number of rotatable bonds is 5. The van der Waals surface area contributed by atoms with Crippen molar-refractivity contribution in [3.63, 3.8) is 0 Å². The predicted octanol–water partition coefficient (Wildman–Crippen LogP) is 2.43. The van der Waals surface area contributed by atoms with Crippen LogP contribution in [-0.2, 0) is 6.42 Å². The van der Waals surface area contributed by atoms with Crippen molar-refractivity contribution in [2.75, 3.05) is 11.9 Å². The number of nitrogens with one attached hydrogen (secondary N) is 1. The standard InChI is InChI=1S/C12H19NO/c1-3-4-11-5-7-12(8-6-11)13-9-10(2)14/h5-8,10,13-14H,3-4,9H2,1-2H3/t10-/m1/s1. The van der Waals surface area contributed by atoms with E-state index in [2.05, 4.69) is 36.5 Å². The Morgan fingerprint density at radius 3 is 2.43 bits per heavy atom. The first-order valence-electron chi connectivity index (χ1n) is 5.23. The molecule has 0 aliphatic rings. The summed E-state index contributed by atoms with van der Waals surface area (Å²) in [6.45, 7) is 4.56. The van der Waals surface area contributed by atoms with Crippen LogP contribution >= 0.6 is 0 Å². The van der Waals surface area contributed by atoms with Gasteiger partial charge < -0.3 is 10.4 Å². The van der Waals surface area contributed by atoms with E-state index in [0.29, 0.717) is 6.54 Å². The first-order valence-corrected chi connectivity index (χ1v) is 5.23. The van der Waals surface area contributed by atoms with Gasteiger partial charge in [0.1, 0.15) is 0 Å². The summed E-state index contributed by atoms with van der Waals surface area (Å²) < 4.78 is 0. The second-order valence-corrected chi connectivity index (χ2v) is 3.68. The molecule has 2 nitrogen and oxygen atoms in total. The van der Waals surface area contributed by atoms with Crippen LogP contribution in [0.15, 0.2) is 24.3 Å². The number of aryl methyl sites for hydroxylation is 1. The van der Waals surface area contributed by atoms with Crippen molar-refractivity contribution in [2.24, 2.45) is 0 Å². The molecule has 0 radical (unpaired) electrons. The zero-order valence-corrected chi connectivity index (χ0v) is 8.96. The molecule has 2 N–H and O–H groups in total. The Balaban J connectivity index is 2.46. The van der Waals surface area contributed by atoms with Crippen LogP contribution in [0.4, 0.5) is 5.69 Å². The molecule has 0 fully saturated rings. The summed E-state index contributed by atoms with van der Waals surface area (Å²) in [5, 5.41) is 12.3. The average Bonchev–Trinajstić information content (AvgIpc) is 2.17. The molecular formula is C12H19NO. The minimum atomic E-state index is -0.301. The Morgan fingerprint density at radius 2 is 1.93 bits per heavy atom. The van der Waals surface area contributed by atoms with Gasteiger partial charge in [0.15, 0.2) is 0 Å². The molecule has 1 aromatic carbocycles. The van der Waals surface area contributed by atoms with E-state index in [1.54, 1.807) is 6.92 Å². The van der Waals surface area contributed by atoms with Gasteiger partial charge >= 0.3 is 0 Å². The largest absolute Gasteiger partial charge is 0.392 e. The molecule has 0 saturated heterocycles. The van der Waals surface area contributed by atoms with Gasteiger partial charge in [-0.3, -0.25) is 0 Å². The summed E-state index contributed by atoms with van der Waals surface area (Å²) in [6, 6.07) is 8.39. The monoisotopic (exact) mass is 193 g/mol. The number of aliphatic hydroxyl groups excluding tert-OH is 1. The lowest BCUT2D eigenvalue weighted by Gasteiger charge is -2.08. The molecule has 0 heterocycles. The summed E-state index contributed by atoms with van der Waals surface area (Å²) in [6.07, 6.45) is 2.02. The van der Waals surface area contributed by atoms with Crippen molar-refractivity contribution in [2.45, 2.75) is 32.8 Å². The van der Waals surface area contributed by atoms with Crippen molar-refractivity contribution in [1.29, 1.82) is 0 Å². The highest BCUT2D eigenvalue weighted by atomic mass is 16.3. The van der Waals surface area contributed by atoms with Crippen LogP contribution in [-0.4, -0.2) is 17.8 Å². The fourth-order valence-electron chi connectivity index (χ4n) is 1.34. The van der Waals surface area contributed by atoms with Crippen LogP contribution in [0.1, 0.15) is 25.8 Å². The number of benzene rings is 1. The highest BCUT2D eigenvalue weighted by molar-refractivity contribution is 5.44. The van der Waals surface area contributed by atoms with Crippen LogP contribution < -0.4 is 5.32 Å². The molecule has 0 unspecified atom stereocenters. The van der Waals surface area contributed by atoms with Crippen LogP contribution in [0.2, 0.25) is 0 Å². The highest BCUT2D eigenvalue weighted by Gasteiger charge is 1.96. The zero-order valence-electron chi connectivity index (χ0n) is 8.96. The third-order valence-corrected chi connectivity index (χ3v) is 2.09. The van der Waals surface area contributed by atoms with Gasteiger partial charge in [0.05, 0.1) is 6.10 Å². The quantitative estimate of drug-likeness (QED) is 0.752. The second-order valence-electron chi connectivity index (χ2n) is 3.68. The molecule has 0 spiro atoms. The molecular weight excluding hydrogens is 174 g/mol. The molecule has 2 heteroatoms. The minimum absolute atomic E-state index is 0.301. The van der Waals surface area contributed by atoms with Crippen LogP contribution in [0.5, 0.6) is 0 Å². The van der Waals surface area contributed by atoms with E-state index < -0.39 is 0 Å².